The molecule has 1 rings (SSSR count). The van der Waals surface area contributed by atoms with Gasteiger partial charge >= 0.3 is 0 Å². The van der Waals surface area contributed by atoms with Gasteiger partial charge in [-0.1, -0.05) is 0 Å². The summed E-state index contributed by atoms with van der Waals surface area (Å²) in [5, 5.41) is 28.4. The molecule has 0 atom stereocenters. The molecule has 1 aromatic carbocycles. The number of aromatic hydroxyl groups is 2. The molecule has 0 amide bonds. The van der Waals surface area contributed by atoms with Crippen molar-refractivity contribution < 1.29 is 19.9 Å². The van der Waals surface area contributed by atoms with E-state index >= 15 is 0 Å². The van der Waals surface area contributed by atoms with Gasteiger partial charge in [-0.3, -0.25) is 10.1 Å². The van der Waals surface area contributed by atoms with Gasteiger partial charge in [-0.15, -0.1) is 0 Å². The van der Waals surface area contributed by atoms with Gasteiger partial charge in [-0.2, -0.15) is 0 Å². The zero-order valence-electron chi connectivity index (χ0n) is 6.72. The molecule has 0 aromatic heterocycles. The lowest BCUT2D eigenvalue weighted by atomic mass is 10.2. The van der Waals surface area contributed by atoms with Crippen molar-refractivity contribution in [2.24, 2.45) is 0 Å². The summed E-state index contributed by atoms with van der Waals surface area (Å²) in [6, 6.07) is 1.87. The first-order valence-electron chi connectivity index (χ1n) is 3.30. The van der Waals surface area contributed by atoms with Crippen molar-refractivity contribution in [2.75, 3.05) is 7.11 Å². The van der Waals surface area contributed by atoms with Crippen LogP contribution in [0.2, 0.25) is 0 Å². The molecular weight excluding hydrogens is 178 g/mol. The highest BCUT2D eigenvalue weighted by atomic mass is 16.6. The van der Waals surface area contributed by atoms with Gasteiger partial charge in [-0.25, -0.2) is 0 Å². The number of phenolic OH excluding ortho intramolecular Hbond substituents is 2. The van der Waals surface area contributed by atoms with E-state index in [-0.39, 0.29) is 11.4 Å². The predicted molar refractivity (Wildman–Crippen MR) is 43.0 cm³/mol. The van der Waals surface area contributed by atoms with Crippen LogP contribution >= 0.6 is 0 Å². The number of ether oxygens (including phenoxy) is 1. The summed E-state index contributed by atoms with van der Waals surface area (Å²) >= 11 is 0. The lowest BCUT2D eigenvalue weighted by Gasteiger charge is -2.03. The molecule has 0 saturated heterocycles. The number of nitro benzene ring substituents is 1. The van der Waals surface area contributed by atoms with Crippen LogP contribution in [0.5, 0.6) is 17.2 Å². The van der Waals surface area contributed by atoms with Crippen LogP contribution in [-0.4, -0.2) is 22.2 Å². The van der Waals surface area contributed by atoms with Gasteiger partial charge in [-0.05, 0) is 0 Å². The second-order valence-electron chi connectivity index (χ2n) is 2.27. The van der Waals surface area contributed by atoms with Gasteiger partial charge in [0.05, 0.1) is 24.2 Å². The molecule has 0 aliphatic rings. The van der Waals surface area contributed by atoms with E-state index in [0.717, 1.165) is 12.1 Å². The highest BCUT2D eigenvalue weighted by Gasteiger charge is 2.15. The largest absolute Gasteiger partial charge is 0.504 e. The molecule has 0 aliphatic carbocycles. The minimum atomic E-state index is -0.693. The Bertz CT molecular complexity index is 349. The fourth-order valence-corrected chi connectivity index (χ4v) is 0.840. The van der Waals surface area contributed by atoms with Crippen LogP contribution in [0, 0.1) is 10.1 Å². The Morgan fingerprint density at radius 2 is 2.08 bits per heavy atom. The molecule has 0 unspecified atom stereocenters. The zero-order valence-corrected chi connectivity index (χ0v) is 6.72. The van der Waals surface area contributed by atoms with E-state index in [1.54, 1.807) is 0 Å². The Labute approximate surface area is 73.2 Å². The van der Waals surface area contributed by atoms with Crippen molar-refractivity contribution in [1.82, 2.24) is 0 Å². The fraction of sp³-hybridized carbons (Fsp3) is 0.143. The second-order valence-corrected chi connectivity index (χ2v) is 2.27. The van der Waals surface area contributed by atoms with Crippen LogP contribution < -0.4 is 4.74 Å². The Kier molecular flexibility index (Phi) is 2.23. The van der Waals surface area contributed by atoms with Gasteiger partial charge in [0.15, 0.2) is 11.5 Å². The summed E-state index contributed by atoms with van der Waals surface area (Å²) in [6.07, 6.45) is 0. The van der Waals surface area contributed by atoms with Gasteiger partial charge in [0, 0.05) is 0 Å². The molecule has 13 heavy (non-hydrogen) atoms. The number of benzene rings is 1. The lowest BCUT2D eigenvalue weighted by molar-refractivity contribution is -0.385. The Morgan fingerprint density at radius 3 is 2.54 bits per heavy atom. The summed E-state index contributed by atoms with van der Waals surface area (Å²) in [4.78, 5) is 9.60. The molecule has 0 bridgehead atoms. The van der Waals surface area contributed by atoms with E-state index in [9.17, 15) is 10.1 Å². The maximum Gasteiger partial charge on any atom is 0.277 e. The normalized spacial score (nSPS) is 9.62. The highest BCUT2D eigenvalue weighted by molar-refractivity contribution is 5.56. The molecule has 0 saturated carbocycles. The van der Waals surface area contributed by atoms with Crippen molar-refractivity contribution in [1.29, 1.82) is 0 Å². The third-order valence-corrected chi connectivity index (χ3v) is 1.47. The monoisotopic (exact) mass is 185 g/mol. The van der Waals surface area contributed by atoms with Gasteiger partial charge in [0.2, 0.25) is 5.75 Å². The maximum absolute atomic E-state index is 10.3. The molecule has 70 valence electrons. The molecule has 0 heterocycles. The van der Waals surface area contributed by atoms with E-state index in [0.29, 0.717) is 0 Å². The Balaban J connectivity index is 3.30. The number of hydrogen-bond donors (Lipinski definition) is 2. The number of phenols is 2. The van der Waals surface area contributed by atoms with Crippen LogP contribution in [0.4, 0.5) is 5.69 Å². The van der Waals surface area contributed by atoms with Gasteiger partial charge in [0.1, 0.15) is 0 Å². The number of nitro groups is 1. The molecule has 2 N–H and O–H groups in total. The number of non-ortho nitro benzene ring substituents is 1. The van der Waals surface area contributed by atoms with Crippen molar-refractivity contribution in [3.05, 3.63) is 22.2 Å². The molecule has 1 aromatic rings. The summed E-state index contributed by atoms with van der Waals surface area (Å²) in [5.74, 6) is -1.22. The van der Waals surface area contributed by atoms with E-state index in [1.165, 1.54) is 7.11 Å². The van der Waals surface area contributed by atoms with Crippen LogP contribution in [0.25, 0.3) is 0 Å². The first kappa shape index (κ1) is 9.11. The first-order chi connectivity index (χ1) is 6.06. The molecule has 0 aliphatic heterocycles. The van der Waals surface area contributed by atoms with Crippen molar-refractivity contribution in [2.45, 2.75) is 0 Å². The zero-order chi connectivity index (χ0) is 10.0. The lowest BCUT2D eigenvalue weighted by Crippen LogP contribution is -1.90. The van der Waals surface area contributed by atoms with Gasteiger partial charge < -0.3 is 14.9 Å². The molecule has 6 nitrogen and oxygen atoms in total. The highest BCUT2D eigenvalue weighted by Crippen LogP contribution is 2.38. The molecule has 0 spiro atoms. The maximum atomic E-state index is 10.3. The standard InChI is InChI=1S/C7H7NO5/c1-13-6-3-4(8(11)12)2-5(9)7(6)10/h2-3,9-10H,1H3. The first-order valence-corrected chi connectivity index (χ1v) is 3.30. The number of rotatable bonds is 2. The quantitative estimate of drug-likeness (QED) is 0.407. The van der Waals surface area contributed by atoms with E-state index in [1.807, 2.05) is 0 Å². The number of methoxy groups -OCH3 is 1. The molecular formula is C7H7NO5. The van der Waals surface area contributed by atoms with E-state index < -0.39 is 16.4 Å². The summed E-state index contributed by atoms with van der Waals surface area (Å²) < 4.78 is 4.60. The fourth-order valence-electron chi connectivity index (χ4n) is 0.840. The minimum Gasteiger partial charge on any atom is -0.504 e. The Hall–Kier alpha value is -1.98. The SMILES string of the molecule is COc1cc([N+](=O)[O-])cc(O)c1O. The third-order valence-electron chi connectivity index (χ3n) is 1.47. The van der Waals surface area contributed by atoms with Crippen LogP contribution in [-0.2, 0) is 0 Å². The number of hydrogen-bond acceptors (Lipinski definition) is 5. The summed E-state index contributed by atoms with van der Waals surface area (Å²) in [7, 11) is 1.23. The van der Waals surface area contributed by atoms with Crippen LogP contribution in [0.15, 0.2) is 12.1 Å². The number of nitrogens with zero attached hydrogens (tertiary/aromatic N) is 1. The summed E-state index contributed by atoms with van der Waals surface area (Å²) in [5.41, 5.74) is -0.341. The smallest absolute Gasteiger partial charge is 0.277 e. The average molecular weight is 185 g/mol. The van der Waals surface area contributed by atoms with Crippen LogP contribution in [0.3, 0.4) is 0 Å². The molecule has 6 heteroatoms. The summed E-state index contributed by atoms with van der Waals surface area (Å²) in [6.45, 7) is 0. The van der Waals surface area contributed by atoms with E-state index in [2.05, 4.69) is 4.74 Å². The van der Waals surface area contributed by atoms with E-state index in [4.69, 9.17) is 10.2 Å². The minimum absolute atomic E-state index is 0.133. The van der Waals surface area contributed by atoms with Crippen molar-refractivity contribution in [3.63, 3.8) is 0 Å². The van der Waals surface area contributed by atoms with Crippen LogP contribution in [0.1, 0.15) is 0 Å². The average Bonchev–Trinajstić information content (AvgIpc) is 2.09. The third kappa shape index (κ3) is 1.61. The Morgan fingerprint density at radius 1 is 1.46 bits per heavy atom. The van der Waals surface area contributed by atoms with Crippen molar-refractivity contribution in [3.8, 4) is 17.2 Å². The topological polar surface area (TPSA) is 92.8 Å². The molecule has 0 fully saturated rings. The predicted octanol–water partition coefficient (Wildman–Crippen LogP) is 1.01. The van der Waals surface area contributed by atoms with Gasteiger partial charge in [0.25, 0.3) is 5.69 Å². The molecule has 0 radical (unpaired) electrons. The van der Waals surface area contributed by atoms with Crippen molar-refractivity contribution >= 4 is 5.69 Å². The second kappa shape index (κ2) is 3.18.